The van der Waals surface area contributed by atoms with Crippen LogP contribution in [0.1, 0.15) is 10.4 Å². The van der Waals surface area contributed by atoms with Crippen LogP contribution in [0.15, 0.2) is 85.3 Å². The Morgan fingerprint density at radius 1 is 0.761 bits per heavy atom. The molecule has 3 heterocycles. The molecule has 1 amide bonds. The summed E-state index contributed by atoms with van der Waals surface area (Å²) in [5.74, 6) is -3.73. The van der Waals surface area contributed by atoms with Crippen molar-refractivity contribution in [3.63, 3.8) is 0 Å². The Hall–Kier alpha value is -6.20. The molecule has 0 fully saturated rings. The molecule has 0 unspecified atom stereocenters. The van der Waals surface area contributed by atoms with Gasteiger partial charge in [-0.05, 0) is 36.4 Å². The van der Waals surface area contributed by atoms with E-state index in [1.165, 1.54) is 0 Å². The number of amides is 1. The van der Waals surface area contributed by atoms with Gasteiger partial charge in [-0.2, -0.15) is 26.3 Å². The maximum atomic E-state index is 11.9. The number of ether oxygens (including phenoxy) is 2. The van der Waals surface area contributed by atoms with E-state index in [1.807, 2.05) is 24.3 Å². The third-order valence-electron chi connectivity index (χ3n) is 5.16. The van der Waals surface area contributed by atoms with Crippen molar-refractivity contribution in [3.8, 4) is 34.5 Å². The van der Waals surface area contributed by atoms with Crippen molar-refractivity contribution in [1.82, 2.24) is 19.9 Å². The van der Waals surface area contributed by atoms with Crippen LogP contribution in [-0.2, 0) is 9.59 Å². The van der Waals surface area contributed by atoms with Gasteiger partial charge in [0.05, 0.1) is 17.3 Å². The molecule has 240 valence electrons. The predicted octanol–water partition coefficient (Wildman–Crippen LogP) is 5.97. The summed E-state index contributed by atoms with van der Waals surface area (Å²) in [5, 5.41) is 14.2. The molecule has 46 heavy (non-hydrogen) atoms. The molecule has 0 atom stereocenters. The number of nitrogens with two attached hydrogens (primary N) is 1. The number of carbonyl (C=O) groups is 3. The SMILES string of the molecule is NC(=O)c1ccccc1Oc1cc(Oc2cccnc2)cc2[nH]c(-c3ccccn3)nc12.O=C(O)C(F)(F)F.O=C(O)C(F)(F)F. The summed E-state index contributed by atoms with van der Waals surface area (Å²) >= 11 is 0. The number of fused-ring (bicyclic) bond motifs is 1. The summed E-state index contributed by atoms with van der Waals surface area (Å²) in [5.41, 5.74) is 7.70. The van der Waals surface area contributed by atoms with Crippen LogP contribution in [0.4, 0.5) is 26.3 Å². The number of alkyl halides is 6. The lowest BCUT2D eigenvalue weighted by Crippen LogP contribution is -2.21. The Morgan fingerprint density at radius 3 is 1.93 bits per heavy atom. The van der Waals surface area contributed by atoms with Gasteiger partial charge < -0.3 is 30.4 Å². The second kappa shape index (κ2) is 14.5. The fourth-order valence-electron chi connectivity index (χ4n) is 3.24. The fraction of sp³-hybridized carbons (Fsp3) is 0.0714. The van der Waals surface area contributed by atoms with Crippen molar-refractivity contribution in [1.29, 1.82) is 0 Å². The highest BCUT2D eigenvalue weighted by molar-refractivity contribution is 5.96. The minimum absolute atomic E-state index is 0.264. The molecule has 0 aliphatic heterocycles. The number of pyridine rings is 2. The molecular formula is C28H19F6N5O7. The van der Waals surface area contributed by atoms with Gasteiger partial charge in [0.1, 0.15) is 28.5 Å². The molecule has 0 saturated carbocycles. The number of aliphatic carboxylic acids is 2. The molecular weight excluding hydrogens is 632 g/mol. The van der Waals surface area contributed by atoms with E-state index in [9.17, 15) is 31.1 Å². The standard InChI is InChI=1S/C24H17N5O3.2C2HF3O2/c25-23(30)17-7-1-2-9-20(17)32-21-13-16(31-15-6-5-10-26-14-15)12-19-22(21)29-24(28-19)18-8-3-4-11-27-18;2*3-2(4,5)1(6)7/h1-14H,(H2,25,30)(H,28,29);2*(H,6,7). The van der Waals surface area contributed by atoms with Crippen LogP contribution in [-0.4, -0.2) is 60.3 Å². The number of halogens is 6. The number of H-pyrrole nitrogens is 1. The van der Waals surface area contributed by atoms with Crippen molar-refractivity contribution in [2.24, 2.45) is 5.73 Å². The molecule has 3 aromatic heterocycles. The van der Waals surface area contributed by atoms with Gasteiger partial charge in [-0.25, -0.2) is 14.6 Å². The molecule has 18 heteroatoms. The van der Waals surface area contributed by atoms with E-state index >= 15 is 0 Å². The number of carboxylic acid groups (broad SMARTS) is 2. The molecule has 0 spiro atoms. The summed E-state index contributed by atoms with van der Waals surface area (Å²) in [7, 11) is 0. The lowest BCUT2D eigenvalue weighted by molar-refractivity contribution is -0.193. The van der Waals surface area contributed by atoms with Gasteiger partial charge in [-0.1, -0.05) is 18.2 Å². The van der Waals surface area contributed by atoms with Gasteiger partial charge in [-0.15, -0.1) is 0 Å². The van der Waals surface area contributed by atoms with Gasteiger partial charge in [0.25, 0.3) is 5.91 Å². The number of nitrogens with one attached hydrogen (secondary N) is 1. The van der Waals surface area contributed by atoms with Crippen molar-refractivity contribution in [3.05, 3.63) is 90.9 Å². The van der Waals surface area contributed by atoms with Crippen LogP contribution in [0, 0.1) is 0 Å². The Balaban J connectivity index is 0.000000345. The minimum Gasteiger partial charge on any atom is -0.475 e. The van der Waals surface area contributed by atoms with Crippen molar-refractivity contribution >= 4 is 28.9 Å². The molecule has 5 aromatic rings. The number of aromatic nitrogens is 4. The van der Waals surface area contributed by atoms with Crippen LogP contribution < -0.4 is 15.2 Å². The highest BCUT2D eigenvalue weighted by Gasteiger charge is 2.38. The second-order valence-corrected chi connectivity index (χ2v) is 8.48. The second-order valence-electron chi connectivity index (χ2n) is 8.48. The van der Waals surface area contributed by atoms with E-state index in [0.717, 1.165) is 0 Å². The molecule has 0 bridgehead atoms. The van der Waals surface area contributed by atoms with Gasteiger partial charge in [0, 0.05) is 24.5 Å². The number of carboxylic acids is 2. The zero-order chi connectivity index (χ0) is 34.1. The van der Waals surface area contributed by atoms with E-state index in [0.29, 0.717) is 45.5 Å². The average molecular weight is 651 g/mol. The Labute approximate surface area is 253 Å². The lowest BCUT2D eigenvalue weighted by atomic mass is 10.2. The van der Waals surface area contributed by atoms with E-state index in [4.69, 9.17) is 35.0 Å². The van der Waals surface area contributed by atoms with Crippen LogP contribution in [0.25, 0.3) is 22.6 Å². The molecule has 5 N–H and O–H groups in total. The summed E-state index contributed by atoms with van der Waals surface area (Å²) < 4.78 is 75.5. The molecule has 2 aromatic carbocycles. The summed E-state index contributed by atoms with van der Waals surface area (Å²) in [6.45, 7) is 0. The minimum atomic E-state index is -5.08. The summed E-state index contributed by atoms with van der Waals surface area (Å²) in [4.78, 5) is 46.0. The molecule has 0 aliphatic rings. The Bertz CT molecular complexity index is 1790. The third-order valence-corrected chi connectivity index (χ3v) is 5.16. The van der Waals surface area contributed by atoms with Gasteiger partial charge in [-0.3, -0.25) is 14.8 Å². The number of carbonyl (C=O) groups excluding carboxylic acids is 1. The maximum absolute atomic E-state index is 11.9. The normalized spacial score (nSPS) is 10.9. The summed E-state index contributed by atoms with van der Waals surface area (Å²) in [6, 6.07) is 19.4. The number of aromatic amines is 1. The zero-order valence-corrected chi connectivity index (χ0v) is 22.7. The van der Waals surface area contributed by atoms with E-state index in [1.54, 1.807) is 61.1 Å². The first-order chi connectivity index (χ1) is 21.6. The van der Waals surface area contributed by atoms with E-state index in [2.05, 4.69) is 19.9 Å². The van der Waals surface area contributed by atoms with Crippen LogP contribution in [0.2, 0.25) is 0 Å². The quantitative estimate of drug-likeness (QED) is 0.159. The van der Waals surface area contributed by atoms with E-state index in [-0.39, 0.29) is 5.56 Å². The predicted molar refractivity (Wildman–Crippen MR) is 146 cm³/mol. The Kier molecular flexibility index (Phi) is 10.8. The smallest absolute Gasteiger partial charge is 0.475 e. The van der Waals surface area contributed by atoms with Crippen LogP contribution in [0.5, 0.6) is 23.0 Å². The van der Waals surface area contributed by atoms with Crippen LogP contribution >= 0.6 is 0 Å². The number of para-hydroxylation sites is 1. The number of nitrogens with zero attached hydrogens (tertiary/aromatic N) is 3. The number of imidazole rings is 1. The van der Waals surface area contributed by atoms with Gasteiger partial charge >= 0.3 is 24.3 Å². The number of hydrogen-bond donors (Lipinski definition) is 4. The zero-order valence-electron chi connectivity index (χ0n) is 22.7. The van der Waals surface area contributed by atoms with Crippen molar-refractivity contribution < 1.29 is 60.4 Å². The molecule has 0 radical (unpaired) electrons. The van der Waals surface area contributed by atoms with Gasteiger partial charge in [0.15, 0.2) is 11.6 Å². The molecule has 0 aliphatic carbocycles. The third kappa shape index (κ3) is 9.66. The fourth-order valence-corrected chi connectivity index (χ4v) is 3.24. The number of hydrogen-bond acceptors (Lipinski definition) is 8. The van der Waals surface area contributed by atoms with E-state index < -0.39 is 30.2 Å². The lowest BCUT2D eigenvalue weighted by Gasteiger charge is -2.12. The number of rotatable bonds is 6. The molecule has 5 rings (SSSR count). The monoisotopic (exact) mass is 651 g/mol. The Morgan fingerprint density at radius 2 is 1.39 bits per heavy atom. The van der Waals surface area contributed by atoms with Crippen molar-refractivity contribution in [2.75, 3.05) is 0 Å². The largest absolute Gasteiger partial charge is 0.490 e. The number of primary amides is 1. The van der Waals surface area contributed by atoms with Crippen LogP contribution in [0.3, 0.4) is 0 Å². The first-order valence-electron chi connectivity index (χ1n) is 12.3. The maximum Gasteiger partial charge on any atom is 0.490 e. The molecule has 12 nitrogen and oxygen atoms in total. The topological polar surface area (TPSA) is 191 Å². The molecule has 0 saturated heterocycles. The first-order valence-corrected chi connectivity index (χ1v) is 12.3. The highest BCUT2D eigenvalue weighted by atomic mass is 19.4. The summed E-state index contributed by atoms with van der Waals surface area (Å²) in [6.07, 6.45) is -5.20. The first kappa shape index (κ1) is 34.3. The highest BCUT2D eigenvalue weighted by Crippen LogP contribution is 2.37. The van der Waals surface area contributed by atoms with Crippen molar-refractivity contribution in [2.45, 2.75) is 12.4 Å². The number of benzene rings is 2. The van der Waals surface area contributed by atoms with Gasteiger partial charge in [0.2, 0.25) is 0 Å². The average Bonchev–Trinajstić information content (AvgIpc) is 3.43.